The molecule has 0 aromatic heterocycles. The highest BCUT2D eigenvalue weighted by molar-refractivity contribution is 4.96. The third kappa shape index (κ3) is 2.20. The van der Waals surface area contributed by atoms with Gasteiger partial charge in [0.15, 0.2) is 0 Å². The molecule has 0 aromatic carbocycles. The lowest BCUT2D eigenvalue weighted by Crippen LogP contribution is -2.36. The summed E-state index contributed by atoms with van der Waals surface area (Å²) >= 11 is 0. The summed E-state index contributed by atoms with van der Waals surface area (Å²) in [6, 6.07) is 0.726. The molecule has 0 radical (unpaired) electrons. The minimum Gasteiger partial charge on any atom is -0.330 e. The highest BCUT2D eigenvalue weighted by Gasteiger charge is 2.43. The van der Waals surface area contributed by atoms with Crippen LogP contribution in [0.3, 0.4) is 0 Å². The molecule has 0 aromatic rings. The van der Waals surface area contributed by atoms with E-state index in [2.05, 4.69) is 25.8 Å². The van der Waals surface area contributed by atoms with E-state index in [0.717, 1.165) is 25.6 Å². The van der Waals surface area contributed by atoms with Gasteiger partial charge in [-0.05, 0) is 51.7 Å². The fraction of sp³-hybridized carbons (Fsp3) is 1.00. The summed E-state index contributed by atoms with van der Waals surface area (Å²) in [7, 11) is 2.21. The van der Waals surface area contributed by atoms with E-state index >= 15 is 0 Å². The summed E-state index contributed by atoms with van der Waals surface area (Å²) in [5, 5.41) is 0. The highest BCUT2D eigenvalue weighted by atomic mass is 15.1. The lowest BCUT2D eigenvalue weighted by Gasteiger charge is -2.29. The maximum atomic E-state index is 5.47. The number of nitrogens with zero attached hydrogens (tertiary/aromatic N) is 1. The molecule has 0 heterocycles. The summed E-state index contributed by atoms with van der Waals surface area (Å²) in [6.07, 6.45) is 3.93. The van der Waals surface area contributed by atoms with E-state index in [9.17, 15) is 0 Å². The van der Waals surface area contributed by atoms with Crippen molar-refractivity contribution >= 4 is 0 Å². The van der Waals surface area contributed by atoms with Crippen molar-refractivity contribution in [2.45, 2.75) is 39.2 Å². The molecule has 2 N–H and O–H groups in total. The normalized spacial score (nSPS) is 22.8. The van der Waals surface area contributed by atoms with Gasteiger partial charge in [-0.1, -0.05) is 6.92 Å². The van der Waals surface area contributed by atoms with Gasteiger partial charge < -0.3 is 10.6 Å². The van der Waals surface area contributed by atoms with Crippen molar-refractivity contribution in [1.29, 1.82) is 0 Å². The molecular formula is C10H22N2. The lowest BCUT2D eigenvalue weighted by molar-refractivity contribution is 0.185. The van der Waals surface area contributed by atoms with Crippen LogP contribution in [0.2, 0.25) is 0 Å². The van der Waals surface area contributed by atoms with Crippen LogP contribution in [0.1, 0.15) is 33.1 Å². The van der Waals surface area contributed by atoms with Crippen molar-refractivity contribution in [2.24, 2.45) is 11.1 Å². The fourth-order valence-corrected chi connectivity index (χ4v) is 1.68. The van der Waals surface area contributed by atoms with Crippen LogP contribution in [0, 0.1) is 5.41 Å². The van der Waals surface area contributed by atoms with Gasteiger partial charge in [-0.15, -0.1) is 0 Å². The van der Waals surface area contributed by atoms with Gasteiger partial charge in [-0.2, -0.15) is 0 Å². The second kappa shape index (κ2) is 3.75. The predicted molar refractivity (Wildman–Crippen MR) is 53.1 cm³/mol. The molecule has 0 spiro atoms. The zero-order valence-electron chi connectivity index (χ0n) is 8.64. The molecule has 72 valence electrons. The maximum Gasteiger partial charge on any atom is 0.0118 e. The van der Waals surface area contributed by atoms with Gasteiger partial charge in [-0.3, -0.25) is 0 Å². The first-order chi connectivity index (χ1) is 5.60. The van der Waals surface area contributed by atoms with Crippen molar-refractivity contribution in [3.8, 4) is 0 Å². The van der Waals surface area contributed by atoms with Crippen molar-refractivity contribution in [3.05, 3.63) is 0 Å². The molecule has 2 nitrogen and oxygen atoms in total. The number of hydrogen-bond donors (Lipinski definition) is 1. The third-order valence-corrected chi connectivity index (χ3v) is 3.42. The minimum atomic E-state index is 0.614. The SMILES string of the molecule is CC(N(C)CCCN)C1(C)CC1. The molecule has 1 fully saturated rings. The average molecular weight is 170 g/mol. The van der Waals surface area contributed by atoms with E-state index in [1.165, 1.54) is 12.8 Å². The van der Waals surface area contributed by atoms with E-state index < -0.39 is 0 Å². The van der Waals surface area contributed by atoms with Gasteiger partial charge in [0.1, 0.15) is 0 Å². The van der Waals surface area contributed by atoms with E-state index in [1.807, 2.05) is 0 Å². The molecule has 0 bridgehead atoms. The zero-order valence-corrected chi connectivity index (χ0v) is 8.64. The van der Waals surface area contributed by atoms with Gasteiger partial charge in [-0.25, -0.2) is 0 Å². The van der Waals surface area contributed by atoms with Crippen LogP contribution in [0.25, 0.3) is 0 Å². The molecule has 1 aliphatic rings. The highest BCUT2D eigenvalue weighted by Crippen LogP contribution is 2.49. The van der Waals surface area contributed by atoms with E-state index in [0.29, 0.717) is 5.41 Å². The zero-order chi connectivity index (χ0) is 9.19. The van der Waals surface area contributed by atoms with Gasteiger partial charge in [0, 0.05) is 6.04 Å². The number of rotatable bonds is 5. The fourth-order valence-electron chi connectivity index (χ4n) is 1.68. The van der Waals surface area contributed by atoms with Crippen LogP contribution in [-0.2, 0) is 0 Å². The summed E-state index contributed by atoms with van der Waals surface area (Å²) in [4.78, 5) is 2.44. The summed E-state index contributed by atoms with van der Waals surface area (Å²) in [5.74, 6) is 0. The molecule has 2 heteroatoms. The average Bonchev–Trinajstić information content (AvgIpc) is 2.79. The first-order valence-corrected chi connectivity index (χ1v) is 5.00. The van der Waals surface area contributed by atoms with Crippen LogP contribution < -0.4 is 5.73 Å². The Balaban J connectivity index is 2.26. The van der Waals surface area contributed by atoms with Crippen molar-refractivity contribution in [3.63, 3.8) is 0 Å². The molecule has 1 unspecified atom stereocenters. The summed E-state index contributed by atoms with van der Waals surface area (Å²) < 4.78 is 0. The smallest absolute Gasteiger partial charge is 0.0118 e. The summed E-state index contributed by atoms with van der Waals surface area (Å²) in [6.45, 7) is 6.68. The third-order valence-electron chi connectivity index (χ3n) is 3.42. The van der Waals surface area contributed by atoms with E-state index in [1.54, 1.807) is 0 Å². The van der Waals surface area contributed by atoms with Crippen molar-refractivity contribution in [2.75, 3.05) is 20.1 Å². The van der Waals surface area contributed by atoms with Crippen LogP contribution in [0.4, 0.5) is 0 Å². The standard InChI is InChI=1S/C10H22N2/c1-9(10(2)5-6-10)12(3)8-4-7-11/h9H,4-8,11H2,1-3H3. The second-order valence-electron chi connectivity index (χ2n) is 4.45. The van der Waals surface area contributed by atoms with E-state index in [4.69, 9.17) is 5.73 Å². The second-order valence-corrected chi connectivity index (χ2v) is 4.45. The van der Waals surface area contributed by atoms with Crippen molar-refractivity contribution < 1.29 is 0 Å². The topological polar surface area (TPSA) is 29.3 Å². The molecule has 0 aliphatic heterocycles. The molecule has 1 rings (SSSR count). The minimum absolute atomic E-state index is 0.614. The Hall–Kier alpha value is -0.0800. The Morgan fingerprint density at radius 1 is 1.50 bits per heavy atom. The predicted octanol–water partition coefficient (Wildman–Crippen LogP) is 1.46. The Kier molecular flexibility index (Phi) is 3.13. The molecule has 12 heavy (non-hydrogen) atoms. The quantitative estimate of drug-likeness (QED) is 0.677. The Labute approximate surface area is 76.1 Å². The van der Waals surface area contributed by atoms with Crippen LogP contribution in [0.5, 0.6) is 0 Å². The van der Waals surface area contributed by atoms with E-state index in [-0.39, 0.29) is 0 Å². The molecule has 0 amide bonds. The largest absolute Gasteiger partial charge is 0.330 e. The monoisotopic (exact) mass is 170 g/mol. The van der Waals surface area contributed by atoms with Gasteiger partial charge >= 0.3 is 0 Å². The Morgan fingerprint density at radius 2 is 2.08 bits per heavy atom. The van der Waals surface area contributed by atoms with Crippen LogP contribution in [-0.4, -0.2) is 31.1 Å². The van der Waals surface area contributed by atoms with Crippen LogP contribution in [0.15, 0.2) is 0 Å². The lowest BCUT2D eigenvalue weighted by atomic mass is 9.99. The summed E-state index contributed by atoms with van der Waals surface area (Å²) in [5.41, 5.74) is 6.09. The van der Waals surface area contributed by atoms with Crippen molar-refractivity contribution in [1.82, 2.24) is 4.90 Å². The molecule has 1 aliphatic carbocycles. The molecule has 0 saturated heterocycles. The molecular weight excluding hydrogens is 148 g/mol. The molecule has 1 atom stereocenters. The van der Waals surface area contributed by atoms with Crippen LogP contribution >= 0.6 is 0 Å². The number of hydrogen-bond acceptors (Lipinski definition) is 2. The number of nitrogens with two attached hydrogens (primary N) is 1. The van der Waals surface area contributed by atoms with Gasteiger partial charge in [0.25, 0.3) is 0 Å². The first-order valence-electron chi connectivity index (χ1n) is 5.00. The van der Waals surface area contributed by atoms with Gasteiger partial charge in [0.2, 0.25) is 0 Å². The first kappa shape index (κ1) is 10.0. The Bertz CT molecular complexity index is 141. The maximum absolute atomic E-state index is 5.47. The van der Waals surface area contributed by atoms with Gasteiger partial charge in [0.05, 0.1) is 0 Å². The Morgan fingerprint density at radius 3 is 2.50 bits per heavy atom. The molecule has 1 saturated carbocycles.